The Balaban J connectivity index is 1.73. The summed E-state index contributed by atoms with van der Waals surface area (Å²) in [5.41, 5.74) is 2.03. The van der Waals surface area contributed by atoms with Crippen molar-refractivity contribution in [3.63, 3.8) is 0 Å². The predicted molar refractivity (Wildman–Crippen MR) is 75.8 cm³/mol. The van der Waals surface area contributed by atoms with Crippen LogP contribution < -0.4 is 5.32 Å². The van der Waals surface area contributed by atoms with Gasteiger partial charge in [-0.3, -0.25) is 9.89 Å². The Hall–Kier alpha value is -2.96. The first kappa shape index (κ1) is 13.0. The van der Waals surface area contributed by atoms with Crippen LogP contribution in [0.5, 0.6) is 0 Å². The van der Waals surface area contributed by atoms with Gasteiger partial charge in [0.15, 0.2) is 5.69 Å². The molecule has 2 heterocycles. The van der Waals surface area contributed by atoms with Crippen LogP contribution in [0, 0.1) is 0 Å². The molecule has 2 N–H and O–H groups in total. The molecule has 2 aromatic heterocycles. The van der Waals surface area contributed by atoms with E-state index in [1.807, 2.05) is 37.3 Å². The van der Waals surface area contributed by atoms with E-state index in [9.17, 15) is 4.79 Å². The van der Waals surface area contributed by atoms with E-state index in [1.165, 1.54) is 0 Å². The Morgan fingerprint density at radius 1 is 1.33 bits per heavy atom. The monoisotopic (exact) mass is 282 g/mol. The molecule has 3 aromatic rings. The minimum absolute atomic E-state index is 0.155. The highest BCUT2D eigenvalue weighted by atomic mass is 16.2. The van der Waals surface area contributed by atoms with Crippen molar-refractivity contribution < 1.29 is 4.79 Å². The van der Waals surface area contributed by atoms with E-state index in [0.717, 1.165) is 11.3 Å². The summed E-state index contributed by atoms with van der Waals surface area (Å²) in [5, 5.41) is 17.3. The fourth-order valence-corrected chi connectivity index (χ4v) is 1.93. The van der Waals surface area contributed by atoms with Crippen LogP contribution in [0.15, 0.2) is 48.9 Å². The molecule has 0 aliphatic heterocycles. The van der Waals surface area contributed by atoms with Gasteiger partial charge in [-0.05, 0) is 19.1 Å². The Kier molecular flexibility index (Phi) is 3.46. The van der Waals surface area contributed by atoms with Gasteiger partial charge in [-0.2, -0.15) is 5.10 Å². The number of hydrogen-bond donors (Lipinski definition) is 2. The lowest BCUT2D eigenvalue weighted by atomic mass is 10.2. The fraction of sp³-hybridized carbons (Fsp3) is 0.143. The van der Waals surface area contributed by atoms with Gasteiger partial charge in [0, 0.05) is 11.8 Å². The molecule has 0 aliphatic carbocycles. The summed E-state index contributed by atoms with van der Waals surface area (Å²) in [6.45, 7) is 1.88. The quantitative estimate of drug-likeness (QED) is 0.758. The molecular weight excluding hydrogens is 268 g/mol. The highest BCUT2D eigenvalue weighted by Gasteiger charge is 2.15. The molecule has 106 valence electrons. The molecule has 7 nitrogen and oxygen atoms in total. The Morgan fingerprint density at radius 3 is 2.86 bits per heavy atom. The number of rotatable bonds is 4. The van der Waals surface area contributed by atoms with Crippen LogP contribution in [-0.4, -0.2) is 31.1 Å². The number of para-hydroxylation sites is 1. The summed E-state index contributed by atoms with van der Waals surface area (Å²) in [5.74, 6) is -0.272. The van der Waals surface area contributed by atoms with Crippen molar-refractivity contribution >= 4 is 5.91 Å². The summed E-state index contributed by atoms with van der Waals surface area (Å²) in [4.78, 5) is 12.1. The number of carbonyl (C=O) groups is 1. The van der Waals surface area contributed by atoms with Gasteiger partial charge in [0.2, 0.25) is 0 Å². The average Bonchev–Trinajstić information content (AvgIpc) is 3.20. The van der Waals surface area contributed by atoms with E-state index in [2.05, 4.69) is 25.8 Å². The van der Waals surface area contributed by atoms with E-state index in [1.54, 1.807) is 23.3 Å². The summed E-state index contributed by atoms with van der Waals surface area (Å²) in [7, 11) is 0. The SMILES string of the molecule is CC(NC(=O)c1cn(-c2ccccc2)nn1)c1cn[nH]c1. The van der Waals surface area contributed by atoms with Gasteiger partial charge >= 0.3 is 0 Å². The van der Waals surface area contributed by atoms with Crippen LogP contribution in [0.4, 0.5) is 0 Å². The first-order valence-corrected chi connectivity index (χ1v) is 6.51. The summed E-state index contributed by atoms with van der Waals surface area (Å²) in [6.07, 6.45) is 5.02. The predicted octanol–water partition coefficient (Wildman–Crippen LogP) is 1.48. The first-order chi connectivity index (χ1) is 10.2. The van der Waals surface area contributed by atoms with Crippen LogP contribution >= 0.6 is 0 Å². The van der Waals surface area contributed by atoms with Gasteiger partial charge in [-0.1, -0.05) is 23.4 Å². The molecule has 1 aromatic carbocycles. The maximum Gasteiger partial charge on any atom is 0.273 e. The fourth-order valence-electron chi connectivity index (χ4n) is 1.93. The second kappa shape index (κ2) is 5.58. The van der Waals surface area contributed by atoms with Crippen molar-refractivity contribution in [2.24, 2.45) is 0 Å². The molecular formula is C14H14N6O. The molecule has 7 heteroatoms. The zero-order valence-corrected chi connectivity index (χ0v) is 11.4. The molecule has 21 heavy (non-hydrogen) atoms. The van der Waals surface area contributed by atoms with Gasteiger partial charge in [-0.25, -0.2) is 4.68 Å². The van der Waals surface area contributed by atoms with Gasteiger partial charge in [0.25, 0.3) is 5.91 Å². The Morgan fingerprint density at radius 2 is 2.14 bits per heavy atom. The number of aromatic nitrogens is 5. The zero-order chi connectivity index (χ0) is 14.7. The molecule has 0 fully saturated rings. The highest BCUT2D eigenvalue weighted by molar-refractivity contribution is 5.92. The molecule has 0 saturated carbocycles. The number of H-pyrrole nitrogens is 1. The van der Waals surface area contributed by atoms with Crippen molar-refractivity contribution in [3.8, 4) is 5.69 Å². The molecule has 3 rings (SSSR count). The lowest BCUT2D eigenvalue weighted by Gasteiger charge is -2.09. The van der Waals surface area contributed by atoms with Crippen LogP contribution in [0.1, 0.15) is 29.0 Å². The molecule has 1 atom stereocenters. The minimum atomic E-state index is -0.272. The third kappa shape index (κ3) is 2.81. The van der Waals surface area contributed by atoms with Crippen LogP contribution in [-0.2, 0) is 0 Å². The van der Waals surface area contributed by atoms with Crippen molar-refractivity contribution in [2.45, 2.75) is 13.0 Å². The highest BCUT2D eigenvalue weighted by Crippen LogP contribution is 2.11. The van der Waals surface area contributed by atoms with Crippen molar-refractivity contribution in [1.29, 1.82) is 0 Å². The third-order valence-electron chi connectivity index (χ3n) is 3.11. The molecule has 1 amide bonds. The van der Waals surface area contributed by atoms with E-state index < -0.39 is 0 Å². The molecule has 0 bridgehead atoms. The molecule has 1 unspecified atom stereocenters. The van der Waals surface area contributed by atoms with Gasteiger partial charge in [0.1, 0.15) is 0 Å². The largest absolute Gasteiger partial charge is 0.344 e. The van der Waals surface area contributed by atoms with Crippen LogP contribution in [0.3, 0.4) is 0 Å². The van der Waals surface area contributed by atoms with Crippen molar-refractivity contribution in [2.75, 3.05) is 0 Å². The number of benzene rings is 1. The second-order valence-corrected chi connectivity index (χ2v) is 4.61. The first-order valence-electron chi connectivity index (χ1n) is 6.51. The number of aromatic amines is 1. The topological polar surface area (TPSA) is 88.5 Å². The van der Waals surface area contributed by atoms with Crippen LogP contribution in [0.2, 0.25) is 0 Å². The lowest BCUT2D eigenvalue weighted by Crippen LogP contribution is -2.26. The minimum Gasteiger partial charge on any atom is -0.344 e. The van der Waals surface area contributed by atoms with E-state index in [-0.39, 0.29) is 17.6 Å². The van der Waals surface area contributed by atoms with E-state index >= 15 is 0 Å². The second-order valence-electron chi connectivity index (χ2n) is 4.61. The van der Waals surface area contributed by atoms with Crippen LogP contribution in [0.25, 0.3) is 5.69 Å². The maximum absolute atomic E-state index is 12.1. The van der Waals surface area contributed by atoms with Gasteiger partial charge < -0.3 is 5.32 Å². The van der Waals surface area contributed by atoms with Crippen molar-refractivity contribution in [3.05, 3.63) is 60.2 Å². The van der Waals surface area contributed by atoms with E-state index in [0.29, 0.717) is 0 Å². The summed E-state index contributed by atoms with van der Waals surface area (Å²) in [6, 6.07) is 9.35. The standard InChI is InChI=1S/C14H14N6O/c1-10(11-7-15-16-8-11)17-14(21)13-9-20(19-18-13)12-5-3-2-4-6-12/h2-10H,1H3,(H,15,16)(H,17,21). The zero-order valence-electron chi connectivity index (χ0n) is 11.4. The summed E-state index contributed by atoms with van der Waals surface area (Å²) < 4.78 is 1.57. The molecule has 0 radical (unpaired) electrons. The Bertz CT molecular complexity index is 719. The van der Waals surface area contributed by atoms with Crippen molar-refractivity contribution in [1.82, 2.24) is 30.5 Å². The number of carbonyl (C=O) groups excluding carboxylic acids is 1. The Labute approximate surface area is 121 Å². The third-order valence-corrected chi connectivity index (χ3v) is 3.11. The number of hydrogen-bond acceptors (Lipinski definition) is 4. The van der Waals surface area contributed by atoms with Gasteiger partial charge in [0.05, 0.1) is 24.1 Å². The number of amides is 1. The maximum atomic E-state index is 12.1. The van der Waals surface area contributed by atoms with Gasteiger partial charge in [-0.15, -0.1) is 5.10 Å². The summed E-state index contributed by atoms with van der Waals surface area (Å²) >= 11 is 0. The molecule has 0 saturated heterocycles. The normalized spacial score (nSPS) is 12.0. The van der Waals surface area contributed by atoms with E-state index in [4.69, 9.17) is 0 Å². The number of nitrogens with one attached hydrogen (secondary N) is 2. The smallest absolute Gasteiger partial charge is 0.273 e. The average molecular weight is 282 g/mol. The molecule has 0 aliphatic rings. The lowest BCUT2D eigenvalue weighted by molar-refractivity contribution is 0.0935. The number of nitrogens with zero attached hydrogens (tertiary/aromatic N) is 4. The molecule has 0 spiro atoms.